The monoisotopic (exact) mass is 256 g/mol. The Morgan fingerprint density at radius 3 is 1.88 bits per heavy atom. The molecule has 0 aromatic heterocycles. The summed E-state index contributed by atoms with van der Waals surface area (Å²) in [4.78, 5) is 0. The van der Waals surface area contributed by atoms with Gasteiger partial charge in [0.1, 0.15) is 0 Å². The molecule has 0 saturated heterocycles. The van der Waals surface area contributed by atoms with Crippen molar-refractivity contribution in [3.63, 3.8) is 0 Å². The molecule has 0 aliphatic rings. The first-order chi connectivity index (χ1) is 8.21. The van der Waals surface area contributed by atoms with Crippen molar-refractivity contribution in [3.05, 3.63) is 35.9 Å². The van der Waals surface area contributed by atoms with Crippen LogP contribution < -0.4 is 0 Å². The van der Waals surface area contributed by atoms with Gasteiger partial charge >= 0.3 is 8.80 Å². The minimum Gasteiger partial charge on any atom is -0.377 e. The Balaban J connectivity index is 2.82. The number of hydrogen-bond donors (Lipinski definition) is 0. The van der Waals surface area contributed by atoms with Gasteiger partial charge in [0.05, 0.1) is 6.10 Å². The lowest BCUT2D eigenvalue weighted by Gasteiger charge is -2.28. The van der Waals surface area contributed by atoms with Gasteiger partial charge < -0.3 is 18.0 Å². The number of benzene rings is 1. The molecule has 96 valence electrons. The standard InChI is InChI=1S/C12H20O4Si/c1-13-12(11-8-6-5-7-9-11)10-17(14-2,15-3)16-4/h5-9,12H,10H2,1-4H3. The molecule has 5 heteroatoms. The Labute approximate surface area is 104 Å². The zero-order valence-electron chi connectivity index (χ0n) is 10.8. The lowest BCUT2D eigenvalue weighted by molar-refractivity contribution is 0.0726. The zero-order chi connectivity index (χ0) is 12.7. The van der Waals surface area contributed by atoms with Gasteiger partial charge in [0, 0.05) is 34.5 Å². The SMILES string of the molecule is COC(C[Si](OC)(OC)OC)c1ccccc1. The molecule has 0 amide bonds. The highest BCUT2D eigenvalue weighted by atomic mass is 28.4. The van der Waals surface area contributed by atoms with E-state index in [0.717, 1.165) is 5.56 Å². The third-order valence-electron chi connectivity index (χ3n) is 2.82. The smallest absolute Gasteiger partial charge is 0.377 e. The maximum Gasteiger partial charge on any atom is 0.503 e. The molecule has 1 unspecified atom stereocenters. The molecule has 0 bridgehead atoms. The molecule has 17 heavy (non-hydrogen) atoms. The van der Waals surface area contributed by atoms with Crippen LogP contribution in [-0.2, 0) is 18.0 Å². The number of ether oxygens (including phenoxy) is 1. The van der Waals surface area contributed by atoms with Crippen molar-refractivity contribution < 1.29 is 18.0 Å². The van der Waals surface area contributed by atoms with Crippen molar-refractivity contribution in [2.75, 3.05) is 28.4 Å². The minimum absolute atomic E-state index is 0.0808. The Morgan fingerprint density at radius 1 is 0.941 bits per heavy atom. The second-order valence-corrected chi connectivity index (χ2v) is 6.63. The predicted octanol–water partition coefficient (Wildman–Crippen LogP) is 2.25. The van der Waals surface area contributed by atoms with E-state index < -0.39 is 8.80 Å². The maximum atomic E-state index is 5.49. The van der Waals surface area contributed by atoms with Crippen molar-refractivity contribution in [3.8, 4) is 0 Å². The molecule has 0 heterocycles. The lowest BCUT2D eigenvalue weighted by Crippen LogP contribution is -2.44. The molecule has 0 aliphatic carbocycles. The van der Waals surface area contributed by atoms with Crippen molar-refractivity contribution >= 4 is 8.80 Å². The highest BCUT2D eigenvalue weighted by molar-refractivity contribution is 6.60. The molecular weight excluding hydrogens is 236 g/mol. The third-order valence-corrected chi connectivity index (χ3v) is 5.56. The van der Waals surface area contributed by atoms with Crippen molar-refractivity contribution in [1.82, 2.24) is 0 Å². The third kappa shape index (κ3) is 3.62. The Morgan fingerprint density at radius 2 is 1.47 bits per heavy atom. The first-order valence-electron chi connectivity index (χ1n) is 5.44. The van der Waals surface area contributed by atoms with Gasteiger partial charge in [0.25, 0.3) is 0 Å². The summed E-state index contributed by atoms with van der Waals surface area (Å²) in [7, 11) is 3.89. The van der Waals surface area contributed by atoms with E-state index in [9.17, 15) is 0 Å². The molecule has 0 saturated carbocycles. The van der Waals surface area contributed by atoms with Gasteiger partial charge in [-0.25, -0.2) is 0 Å². The van der Waals surface area contributed by atoms with Crippen LogP contribution >= 0.6 is 0 Å². The molecule has 1 rings (SSSR count). The van der Waals surface area contributed by atoms with Crippen molar-refractivity contribution in [2.24, 2.45) is 0 Å². The molecule has 0 spiro atoms. The average molecular weight is 256 g/mol. The Kier molecular flexibility index (Phi) is 5.80. The van der Waals surface area contributed by atoms with Crippen LogP contribution in [0, 0.1) is 0 Å². The summed E-state index contributed by atoms with van der Waals surface area (Å²) in [6.07, 6.45) is -0.0808. The molecule has 1 aromatic carbocycles. The first-order valence-corrected chi connectivity index (χ1v) is 7.37. The number of methoxy groups -OCH3 is 1. The number of hydrogen-bond acceptors (Lipinski definition) is 4. The first kappa shape index (κ1) is 14.3. The minimum atomic E-state index is -2.61. The van der Waals surface area contributed by atoms with E-state index in [0.29, 0.717) is 6.04 Å². The summed E-state index contributed by atoms with van der Waals surface area (Å²) >= 11 is 0. The van der Waals surface area contributed by atoms with E-state index in [1.54, 1.807) is 28.4 Å². The largest absolute Gasteiger partial charge is 0.503 e. The van der Waals surface area contributed by atoms with E-state index in [-0.39, 0.29) is 6.10 Å². The molecule has 1 atom stereocenters. The molecule has 0 radical (unpaired) electrons. The average Bonchev–Trinajstić information content (AvgIpc) is 2.42. The van der Waals surface area contributed by atoms with Gasteiger partial charge in [-0.15, -0.1) is 0 Å². The van der Waals surface area contributed by atoms with Gasteiger partial charge in [0.15, 0.2) is 0 Å². The van der Waals surface area contributed by atoms with Crippen molar-refractivity contribution in [2.45, 2.75) is 12.1 Å². The molecule has 4 nitrogen and oxygen atoms in total. The summed E-state index contributed by atoms with van der Waals surface area (Å²) in [5.41, 5.74) is 1.10. The fourth-order valence-corrected chi connectivity index (χ4v) is 3.59. The van der Waals surface area contributed by atoms with Gasteiger partial charge in [-0.1, -0.05) is 30.3 Å². The highest BCUT2D eigenvalue weighted by Crippen LogP contribution is 2.28. The second kappa shape index (κ2) is 6.88. The van der Waals surface area contributed by atoms with E-state index in [1.807, 2.05) is 30.3 Å². The van der Waals surface area contributed by atoms with Crippen LogP contribution in [0.15, 0.2) is 30.3 Å². The quantitative estimate of drug-likeness (QED) is 0.701. The Bertz CT molecular complexity index is 305. The van der Waals surface area contributed by atoms with Crippen LogP contribution in [0.1, 0.15) is 11.7 Å². The fraction of sp³-hybridized carbons (Fsp3) is 0.500. The van der Waals surface area contributed by atoms with E-state index in [2.05, 4.69) is 0 Å². The summed E-state index contributed by atoms with van der Waals surface area (Å²) in [5.74, 6) is 0. The van der Waals surface area contributed by atoms with Gasteiger partial charge in [-0.2, -0.15) is 0 Å². The second-order valence-electron chi connectivity index (χ2n) is 3.63. The van der Waals surface area contributed by atoms with E-state index >= 15 is 0 Å². The maximum absolute atomic E-state index is 5.49. The molecule has 0 aliphatic heterocycles. The van der Waals surface area contributed by atoms with E-state index in [4.69, 9.17) is 18.0 Å². The molecule has 1 aromatic rings. The van der Waals surface area contributed by atoms with E-state index in [1.165, 1.54) is 0 Å². The number of rotatable bonds is 7. The van der Waals surface area contributed by atoms with Gasteiger partial charge in [-0.05, 0) is 5.56 Å². The van der Waals surface area contributed by atoms with Gasteiger partial charge in [0.2, 0.25) is 0 Å². The van der Waals surface area contributed by atoms with Crippen LogP contribution in [0.25, 0.3) is 0 Å². The van der Waals surface area contributed by atoms with Gasteiger partial charge in [-0.3, -0.25) is 0 Å². The van der Waals surface area contributed by atoms with Crippen LogP contribution in [0.3, 0.4) is 0 Å². The van der Waals surface area contributed by atoms with Crippen LogP contribution in [0.4, 0.5) is 0 Å². The lowest BCUT2D eigenvalue weighted by atomic mass is 10.1. The highest BCUT2D eigenvalue weighted by Gasteiger charge is 2.41. The normalized spacial score (nSPS) is 13.6. The zero-order valence-corrected chi connectivity index (χ0v) is 11.8. The van der Waals surface area contributed by atoms with Crippen LogP contribution in [0.2, 0.25) is 6.04 Å². The summed E-state index contributed by atoms with van der Waals surface area (Å²) in [6.45, 7) is 0. The topological polar surface area (TPSA) is 36.9 Å². The predicted molar refractivity (Wildman–Crippen MR) is 67.8 cm³/mol. The summed E-state index contributed by atoms with van der Waals surface area (Å²) < 4.78 is 21.7. The molecular formula is C12H20O4Si. The fourth-order valence-electron chi connectivity index (χ4n) is 1.73. The Hall–Kier alpha value is -0.723. The molecule has 0 N–H and O–H groups in total. The van der Waals surface area contributed by atoms with Crippen LogP contribution in [-0.4, -0.2) is 37.2 Å². The van der Waals surface area contributed by atoms with Crippen molar-refractivity contribution in [1.29, 1.82) is 0 Å². The summed E-state index contributed by atoms with van der Waals surface area (Å²) in [5, 5.41) is 0. The molecule has 0 fully saturated rings. The van der Waals surface area contributed by atoms with Crippen LogP contribution in [0.5, 0.6) is 0 Å². The summed E-state index contributed by atoms with van der Waals surface area (Å²) in [6, 6.07) is 10.6.